The molecule has 3 aromatic carbocycles. The molecule has 1 aliphatic rings. The molecule has 2 heterocycles. The van der Waals surface area contributed by atoms with Crippen molar-refractivity contribution in [1.29, 1.82) is 0 Å². The van der Waals surface area contributed by atoms with Gasteiger partial charge >= 0.3 is 5.97 Å². The first-order chi connectivity index (χ1) is 16.6. The van der Waals surface area contributed by atoms with Gasteiger partial charge in [0.05, 0.1) is 18.7 Å². The van der Waals surface area contributed by atoms with Crippen LogP contribution in [0.1, 0.15) is 22.0 Å². The number of para-hydroxylation sites is 1. The zero-order valence-electron chi connectivity index (χ0n) is 18.2. The summed E-state index contributed by atoms with van der Waals surface area (Å²) in [5.41, 5.74) is 6.33. The first-order valence-electron chi connectivity index (χ1n) is 10.6. The maximum atomic E-state index is 13.4. The molecule has 9 heteroatoms. The van der Waals surface area contributed by atoms with Crippen LogP contribution < -0.4 is 10.7 Å². The van der Waals surface area contributed by atoms with Crippen molar-refractivity contribution in [2.45, 2.75) is 16.4 Å². The third-order valence-corrected chi connectivity index (χ3v) is 6.67. The summed E-state index contributed by atoms with van der Waals surface area (Å²) in [5, 5.41) is 11.7. The van der Waals surface area contributed by atoms with E-state index in [0.717, 1.165) is 11.1 Å². The number of hydrogen-bond acceptors (Lipinski definition) is 7. The number of hydrogen-bond donors (Lipinski definition) is 2. The van der Waals surface area contributed by atoms with Crippen molar-refractivity contribution in [2.75, 3.05) is 17.9 Å². The van der Waals surface area contributed by atoms with Crippen LogP contribution in [-0.2, 0) is 9.53 Å². The Morgan fingerprint density at radius 3 is 2.29 bits per heavy atom. The zero-order chi connectivity index (χ0) is 23.5. The summed E-state index contributed by atoms with van der Waals surface area (Å²) in [6.07, 6.45) is 0. The van der Waals surface area contributed by atoms with Crippen molar-refractivity contribution >= 4 is 29.3 Å². The van der Waals surface area contributed by atoms with E-state index in [1.165, 1.54) is 18.9 Å². The van der Waals surface area contributed by atoms with Crippen LogP contribution in [0.3, 0.4) is 0 Å². The molecular formula is C25H21N5O3S. The van der Waals surface area contributed by atoms with Crippen molar-refractivity contribution in [3.63, 3.8) is 0 Å². The summed E-state index contributed by atoms with van der Waals surface area (Å²) in [4.78, 5) is 25.2. The number of nitrogens with zero attached hydrogens (tertiary/aromatic N) is 3. The minimum absolute atomic E-state index is 0.166. The summed E-state index contributed by atoms with van der Waals surface area (Å²) < 4.78 is 6.62. The van der Waals surface area contributed by atoms with Crippen molar-refractivity contribution < 1.29 is 14.3 Å². The average Bonchev–Trinajstić information content (AvgIpc) is 3.31. The Balaban J connectivity index is 1.51. The van der Waals surface area contributed by atoms with Gasteiger partial charge in [0.25, 0.3) is 0 Å². The lowest BCUT2D eigenvalue weighted by molar-refractivity contribution is -0.116. The second kappa shape index (κ2) is 9.40. The van der Waals surface area contributed by atoms with Crippen molar-refractivity contribution in [1.82, 2.24) is 14.9 Å². The number of amides is 1. The lowest BCUT2D eigenvalue weighted by Gasteiger charge is -2.33. The molecule has 1 amide bonds. The number of benzene rings is 3. The highest BCUT2D eigenvalue weighted by Gasteiger charge is 2.38. The fourth-order valence-corrected chi connectivity index (χ4v) is 4.84. The summed E-state index contributed by atoms with van der Waals surface area (Å²) in [7, 11) is 1.35. The Morgan fingerprint density at radius 1 is 0.941 bits per heavy atom. The third kappa shape index (κ3) is 4.25. The first kappa shape index (κ1) is 21.7. The topological polar surface area (TPSA) is 98.1 Å². The minimum Gasteiger partial charge on any atom is -0.465 e. The normalized spacial score (nSPS) is 16.7. The van der Waals surface area contributed by atoms with Gasteiger partial charge in [0.2, 0.25) is 11.1 Å². The van der Waals surface area contributed by atoms with Gasteiger partial charge in [0, 0.05) is 11.3 Å². The number of fused-ring (bicyclic) bond motifs is 1. The van der Waals surface area contributed by atoms with E-state index < -0.39 is 17.3 Å². The monoisotopic (exact) mass is 471 g/mol. The maximum Gasteiger partial charge on any atom is 0.337 e. The van der Waals surface area contributed by atoms with E-state index >= 15 is 0 Å². The number of ether oxygens (including phenoxy) is 1. The fourth-order valence-electron chi connectivity index (χ4n) is 3.76. The molecule has 2 unspecified atom stereocenters. The van der Waals surface area contributed by atoms with Gasteiger partial charge in [-0.05, 0) is 29.8 Å². The molecule has 0 saturated heterocycles. The second-order valence-electron chi connectivity index (χ2n) is 7.62. The van der Waals surface area contributed by atoms with Crippen LogP contribution in [0.25, 0.3) is 11.4 Å². The summed E-state index contributed by atoms with van der Waals surface area (Å²) in [6.45, 7) is 0. The van der Waals surface area contributed by atoms with Gasteiger partial charge in [-0.1, -0.05) is 72.4 Å². The number of carbonyl (C=O) groups excluding carboxylic acids is 2. The Hall–Kier alpha value is -4.11. The zero-order valence-corrected chi connectivity index (χ0v) is 19.0. The summed E-state index contributed by atoms with van der Waals surface area (Å²) >= 11 is 1.34. The summed E-state index contributed by atoms with van der Waals surface area (Å²) in [6, 6.07) is 25.7. The molecule has 34 heavy (non-hydrogen) atoms. The second-order valence-corrected chi connectivity index (χ2v) is 8.73. The molecule has 0 spiro atoms. The highest BCUT2D eigenvalue weighted by molar-refractivity contribution is 8.00. The van der Waals surface area contributed by atoms with Gasteiger partial charge in [0.1, 0.15) is 5.25 Å². The fraction of sp³-hybridized carbons (Fsp3) is 0.120. The molecule has 1 aliphatic heterocycles. The van der Waals surface area contributed by atoms with E-state index in [1.54, 1.807) is 12.1 Å². The standard InChI is InChI=1S/C25H21N5O3S/c1-33-24(32)18-14-12-16(13-15-18)20-21(23(31)26-19-10-6-3-7-11-19)34-25-28-27-22(30(25)29-20)17-8-4-2-5-9-17/h2-15,20-21,29H,1H3,(H,26,31). The Kier molecular flexibility index (Phi) is 6.01. The Morgan fingerprint density at radius 2 is 1.62 bits per heavy atom. The van der Waals surface area contributed by atoms with Crippen LogP contribution in [-0.4, -0.2) is 39.1 Å². The van der Waals surface area contributed by atoms with E-state index in [9.17, 15) is 9.59 Å². The highest BCUT2D eigenvalue weighted by atomic mass is 32.2. The van der Waals surface area contributed by atoms with Crippen LogP contribution >= 0.6 is 11.8 Å². The molecule has 2 N–H and O–H groups in total. The molecule has 8 nitrogen and oxygen atoms in total. The largest absolute Gasteiger partial charge is 0.465 e. The molecule has 0 aliphatic carbocycles. The molecule has 170 valence electrons. The van der Waals surface area contributed by atoms with Crippen molar-refractivity contribution in [3.8, 4) is 11.4 Å². The van der Waals surface area contributed by atoms with Gasteiger partial charge in [-0.3, -0.25) is 4.79 Å². The predicted octanol–water partition coefficient (Wildman–Crippen LogP) is 4.13. The summed E-state index contributed by atoms with van der Waals surface area (Å²) in [5.74, 6) is 0.0748. The number of anilines is 1. The number of nitrogens with one attached hydrogen (secondary N) is 2. The molecular weight excluding hydrogens is 450 g/mol. The van der Waals surface area contributed by atoms with Gasteiger partial charge in [-0.25, -0.2) is 9.47 Å². The minimum atomic E-state index is -0.537. The lowest BCUT2D eigenvalue weighted by atomic mass is 10.0. The molecule has 0 radical (unpaired) electrons. The number of aromatic nitrogens is 3. The number of thioether (sulfide) groups is 1. The van der Waals surface area contributed by atoms with Gasteiger partial charge in [0.15, 0.2) is 5.82 Å². The highest BCUT2D eigenvalue weighted by Crippen LogP contribution is 2.39. The van der Waals surface area contributed by atoms with Crippen LogP contribution in [0.15, 0.2) is 90.1 Å². The molecule has 4 aromatic rings. The molecule has 0 bridgehead atoms. The third-order valence-electron chi connectivity index (χ3n) is 5.46. The van der Waals surface area contributed by atoms with E-state index in [2.05, 4.69) is 20.9 Å². The SMILES string of the molecule is COC(=O)c1ccc(C2Nn3c(nnc3-c3ccccc3)SC2C(=O)Nc2ccccc2)cc1. The smallest absolute Gasteiger partial charge is 0.337 e. The van der Waals surface area contributed by atoms with Crippen LogP contribution in [0.4, 0.5) is 5.69 Å². The molecule has 2 atom stereocenters. The quantitative estimate of drug-likeness (QED) is 0.422. The number of rotatable bonds is 5. The molecule has 5 rings (SSSR count). The van der Waals surface area contributed by atoms with Gasteiger partial charge < -0.3 is 15.5 Å². The number of esters is 1. The first-order valence-corrected chi connectivity index (χ1v) is 11.5. The maximum absolute atomic E-state index is 13.4. The lowest BCUT2D eigenvalue weighted by Crippen LogP contribution is -2.41. The average molecular weight is 472 g/mol. The Labute approximate surface area is 200 Å². The predicted molar refractivity (Wildman–Crippen MR) is 130 cm³/mol. The van der Waals surface area contributed by atoms with E-state index in [-0.39, 0.29) is 5.91 Å². The van der Waals surface area contributed by atoms with E-state index in [4.69, 9.17) is 4.74 Å². The van der Waals surface area contributed by atoms with Crippen molar-refractivity contribution in [3.05, 3.63) is 96.1 Å². The van der Waals surface area contributed by atoms with E-state index in [1.807, 2.05) is 77.5 Å². The molecule has 0 saturated carbocycles. The molecule has 0 fully saturated rings. The number of methoxy groups -OCH3 is 1. The molecule has 1 aromatic heterocycles. The van der Waals surface area contributed by atoms with Crippen LogP contribution in [0, 0.1) is 0 Å². The Bertz CT molecular complexity index is 1310. The van der Waals surface area contributed by atoms with Crippen molar-refractivity contribution in [2.24, 2.45) is 0 Å². The van der Waals surface area contributed by atoms with Gasteiger partial charge in [-0.15, -0.1) is 10.2 Å². The van der Waals surface area contributed by atoms with Gasteiger partial charge in [-0.2, -0.15) is 0 Å². The van der Waals surface area contributed by atoms with Crippen LogP contribution in [0.5, 0.6) is 0 Å². The van der Waals surface area contributed by atoms with Crippen LogP contribution in [0.2, 0.25) is 0 Å². The van der Waals surface area contributed by atoms with E-state index in [0.29, 0.717) is 22.2 Å². The number of carbonyl (C=O) groups is 2.